The molecule has 1 heterocycles. The summed E-state index contributed by atoms with van der Waals surface area (Å²) >= 11 is 0. The van der Waals surface area contributed by atoms with Crippen molar-refractivity contribution < 1.29 is 24.2 Å². The molecule has 0 unspecified atom stereocenters. The van der Waals surface area contributed by atoms with E-state index in [1.54, 1.807) is 13.8 Å². The van der Waals surface area contributed by atoms with Gasteiger partial charge in [0.25, 0.3) is 0 Å². The lowest BCUT2D eigenvalue weighted by molar-refractivity contribution is -0.117. The van der Waals surface area contributed by atoms with Gasteiger partial charge in [-0.2, -0.15) is 5.10 Å². The molecule has 34 heavy (non-hydrogen) atoms. The number of benzene rings is 2. The molecule has 9 heteroatoms. The zero-order valence-electron chi connectivity index (χ0n) is 19.2. The quantitative estimate of drug-likeness (QED) is 0.491. The maximum Gasteiger partial charge on any atom is 0.407 e. The van der Waals surface area contributed by atoms with E-state index in [1.165, 1.54) is 13.2 Å². The molecule has 2 amide bonds. The fraction of sp³-hybridized carbons (Fsp3) is 0.280. The highest BCUT2D eigenvalue weighted by Gasteiger charge is 2.31. The van der Waals surface area contributed by atoms with Crippen molar-refractivity contribution in [2.75, 3.05) is 11.9 Å². The number of aryl methyl sites for hydroxylation is 1. The number of fused-ring (bicyclic) bond motifs is 3. The SMILES string of the molecule is Cn1ncc(NC(=O)CC(C)(C)NC(=O)OCC2c3ccccc3-c3ccccc32)c1C(=O)O. The molecule has 3 N–H and O–H groups in total. The third-order valence-corrected chi connectivity index (χ3v) is 5.80. The summed E-state index contributed by atoms with van der Waals surface area (Å²) in [5, 5.41) is 18.4. The van der Waals surface area contributed by atoms with Crippen molar-refractivity contribution in [3.8, 4) is 11.1 Å². The third-order valence-electron chi connectivity index (χ3n) is 5.80. The monoisotopic (exact) mass is 462 g/mol. The molecule has 1 aromatic heterocycles. The molecule has 4 rings (SSSR count). The highest BCUT2D eigenvalue weighted by molar-refractivity contribution is 5.99. The fourth-order valence-corrected chi connectivity index (χ4v) is 4.33. The van der Waals surface area contributed by atoms with Crippen LogP contribution >= 0.6 is 0 Å². The summed E-state index contributed by atoms with van der Waals surface area (Å²) in [4.78, 5) is 36.4. The molecule has 0 atom stereocenters. The molecule has 0 bridgehead atoms. The number of nitrogens with zero attached hydrogens (tertiary/aromatic N) is 2. The fourth-order valence-electron chi connectivity index (χ4n) is 4.33. The lowest BCUT2D eigenvalue weighted by atomic mass is 9.98. The molecule has 3 aromatic rings. The van der Waals surface area contributed by atoms with E-state index in [4.69, 9.17) is 4.74 Å². The number of aromatic carboxylic acids is 1. The molecule has 0 fully saturated rings. The summed E-state index contributed by atoms with van der Waals surface area (Å²) in [7, 11) is 1.47. The predicted molar refractivity (Wildman–Crippen MR) is 126 cm³/mol. The number of carbonyl (C=O) groups excluding carboxylic acids is 2. The van der Waals surface area contributed by atoms with Crippen molar-refractivity contribution in [2.45, 2.75) is 31.7 Å². The molecule has 176 valence electrons. The zero-order chi connectivity index (χ0) is 24.5. The average molecular weight is 463 g/mol. The van der Waals surface area contributed by atoms with Crippen LogP contribution in [0.4, 0.5) is 10.5 Å². The second-order valence-electron chi connectivity index (χ2n) is 8.89. The summed E-state index contributed by atoms with van der Waals surface area (Å²) in [6.07, 6.45) is 0.547. The first-order valence-electron chi connectivity index (χ1n) is 10.8. The van der Waals surface area contributed by atoms with Crippen molar-refractivity contribution in [1.29, 1.82) is 0 Å². The Hall–Kier alpha value is -4.14. The molecule has 1 aliphatic rings. The minimum atomic E-state index is -1.20. The van der Waals surface area contributed by atoms with Gasteiger partial charge >= 0.3 is 12.1 Å². The standard InChI is InChI=1S/C25H26N4O5/c1-25(2,12-21(30)27-20-13-26-29(3)22(20)23(31)32)28-24(33)34-14-19-17-10-6-4-8-15(17)16-9-5-7-11-18(16)19/h4-11,13,19H,12,14H2,1-3H3,(H,27,30)(H,28,33)(H,31,32). The maximum atomic E-state index is 12.6. The second kappa shape index (κ2) is 9.01. The van der Waals surface area contributed by atoms with Crippen LogP contribution in [0.3, 0.4) is 0 Å². The first-order valence-corrected chi connectivity index (χ1v) is 10.8. The van der Waals surface area contributed by atoms with E-state index >= 15 is 0 Å². The molecular formula is C25H26N4O5. The van der Waals surface area contributed by atoms with Crippen LogP contribution in [0.1, 0.15) is 47.8 Å². The Kier molecular flexibility index (Phi) is 6.10. The van der Waals surface area contributed by atoms with Gasteiger partial charge in [0.1, 0.15) is 6.61 Å². The molecule has 1 aliphatic carbocycles. The Morgan fingerprint density at radius 2 is 1.65 bits per heavy atom. The van der Waals surface area contributed by atoms with E-state index < -0.39 is 23.5 Å². The van der Waals surface area contributed by atoms with E-state index in [2.05, 4.69) is 27.9 Å². The minimum absolute atomic E-state index is 0.0652. The molecule has 0 saturated carbocycles. The predicted octanol–water partition coefficient (Wildman–Crippen LogP) is 3.76. The topological polar surface area (TPSA) is 123 Å². The Labute approximate surface area is 196 Å². The van der Waals surface area contributed by atoms with Crippen LogP contribution in [-0.2, 0) is 16.6 Å². The van der Waals surface area contributed by atoms with Gasteiger partial charge in [-0.05, 0) is 36.1 Å². The number of carboxylic acid groups (broad SMARTS) is 1. The van der Waals surface area contributed by atoms with Crippen LogP contribution in [0.2, 0.25) is 0 Å². The Morgan fingerprint density at radius 3 is 2.24 bits per heavy atom. The summed E-state index contributed by atoms with van der Waals surface area (Å²) < 4.78 is 6.72. The van der Waals surface area contributed by atoms with E-state index in [-0.39, 0.29) is 30.3 Å². The van der Waals surface area contributed by atoms with E-state index in [1.807, 2.05) is 36.4 Å². The van der Waals surface area contributed by atoms with E-state index in [0.29, 0.717) is 0 Å². The van der Waals surface area contributed by atoms with Crippen molar-refractivity contribution in [3.63, 3.8) is 0 Å². The number of amides is 2. The van der Waals surface area contributed by atoms with Gasteiger partial charge in [-0.25, -0.2) is 9.59 Å². The van der Waals surface area contributed by atoms with Crippen molar-refractivity contribution in [2.24, 2.45) is 7.05 Å². The van der Waals surface area contributed by atoms with Gasteiger partial charge in [0.2, 0.25) is 5.91 Å². The smallest absolute Gasteiger partial charge is 0.407 e. The maximum absolute atomic E-state index is 12.6. The highest BCUT2D eigenvalue weighted by atomic mass is 16.5. The van der Waals surface area contributed by atoms with Crippen LogP contribution in [0, 0.1) is 0 Å². The molecule has 0 spiro atoms. The summed E-state index contributed by atoms with van der Waals surface area (Å²) in [6.45, 7) is 3.55. The van der Waals surface area contributed by atoms with Gasteiger partial charge in [0.05, 0.1) is 11.9 Å². The molecule has 0 radical (unpaired) electrons. The van der Waals surface area contributed by atoms with Crippen LogP contribution < -0.4 is 10.6 Å². The first kappa shape index (κ1) is 23.0. The number of hydrogen-bond donors (Lipinski definition) is 3. The largest absolute Gasteiger partial charge is 0.476 e. The molecular weight excluding hydrogens is 436 g/mol. The number of nitrogens with one attached hydrogen (secondary N) is 2. The molecule has 0 saturated heterocycles. The third kappa shape index (κ3) is 4.63. The lowest BCUT2D eigenvalue weighted by Crippen LogP contribution is -2.46. The van der Waals surface area contributed by atoms with Crippen molar-refractivity contribution in [3.05, 3.63) is 71.5 Å². The number of ether oxygens (including phenoxy) is 1. The molecule has 9 nitrogen and oxygen atoms in total. The van der Waals surface area contributed by atoms with Crippen molar-refractivity contribution in [1.82, 2.24) is 15.1 Å². The van der Waals surface area contributed by atoms with Crippen LogP contribution in [0.15, 0.2) is 54.7 Å². The van der Waals surface area contributed by atoms with Crippen molar-refractivity contribution >= 4 is 23.7 Å². The minimum Gasteiger partial charge on any atom is -0.476 e. The van der Waals surface area contributed by atoms with Gasteiger partial charge < -0.3 is 20.5 Å². The number of carbonyl (C=O) groups is 3. The number of alkyl carbamates (subject to hydrolysis) is 1. The van der Waals surface area contributed by atoms with E-state index in [9.17, 15) is 19.5 Å². The molecule has 2 aromatic carbocycles. The summed E-state index contributed by atoms with van der Waals surface area (Å²) in [5.41, 5.74) is 3.54. The second-order valence-corrected chi connectivity index (χ2v) is 8.89. The lowest BCUT2D eigenvalue weighted by Gasteiger charge is -2.25. The zero-order valence-corrected chi connectivity index (χ0v) is 19.2. The van der Waals surface area contributed by atoms with E-state index in [0.717, 1.165) is 26.9 Å². The number of hydrogen-bond acceptors (Lipinski definition) is 5. The number of rotatable bonds is 7. The van der Waals surface area contributed by atoms with Crippen LogP contribution in [0.25, 0.3) is 11.1 Å². The number of aromatic nitrogens is 2. The van der Waals surface area contributed by atoms with Gasteiger partial charge in [-0.3, -0.25) is 9.48 Å². The van der Waals surface area contributed by atoms with Crippen LogP contribution in [-0.4, -0.2) is 45.0 Å². The van der Waals surface area contributed by atoms with Gasteiger partial charge in [0, 0.05) is 24.9 Å². The Balaban J connectivity index is 1.36. The normalized spacial score (nSPS) is 12.6. The Bertz CT molecular complexity index is 1220. The van der Waals surface area contributed by atoms with Gasteiger partial charge in [-0.15, -0.1) is 0 Å². The Morgan fingerprint density at radius 1 is 1.06 bits per heavy atom. The van der Waals surface area contributed by atoms with Crippen LogP contribution in [0.5, 0.6) is 0 Å². The molecule has 0 aliphatic heterocycles. The average Bonchev–Trinajstić information content (AvgIpc) is 3.29. The first-order chi connectivity index (χ1) is 16.2. The summed E-state index contributed by atoms with van der Waals surface area (Å²) in [5.74, 6) is -1.73. The number of carboxylic acids is 1. The van der Waals surface area contributed by atoms with Gasteiger partial charge in [0.15, 0.2) is 5.69 Å². The van der Waals surface area contributed by atoms with Gasteiger partial charge in [-0.1, -0.05) is 48.5 Å². The number of anilines is 1. The summed E-state index contributed by atoms with van der Waals surface area (Å²) in [6, 6.07) is 16.1. The highest BCUT2D eigenvalue weighted by Crippen LogP contribution is 2.44.